The lowest BCUT2D eigenvalue weighted by Crippen LogP contribution is -2.51. The number of aromatic nitrogens is 1. The highest BCUT2D eigenvalue weighted by atomic mass is 32.1. The zero-order valence-electron chi connectivity index (χ0n) is 13.9. The van der Waals surface area contributed by atoms with Crippen molar-refractivity contribution in [1.82, 2.24) is 20.5 Å². The molecule has 1 fully saturated rings. The van der Waals surface area contributed by atoms with Gasteiger partial charge in [-0.25, -0.2) is 9.78 Å². The summed E-state index contributed by atoms with van der Waals surface area (Å²) in [6.45, 7) is 5.94. The van der Waals surface area contributed by atoms with Crippen molar-refractivity contribution in [2.24, 2.45) is 0 Å². The number of aryl methyl sites for hydroxylation is 1. The molecule has 1 aromatic heterocycles. The molecule has 0 radical (unpaired) electrons. The molecule has 2 N–H and O–H groups in total. The van der Waals surface area contributed by atoms with Crippen LogP contribution in [0.15, 0.2) is 5.38 Å². The van der Waals surface area contributed by atoms with Gasteiger partial charge in [0.2, 0.25) is 5.91 Å². The van der Waals surface area contributed by atoms with Crippen LogP contribution >= 0.6 is 11.3 Å². The van der Waals surface area contributed by atoms with Crippen molar-refractivity contribution in [1.29, 1.82) is 0 Å². The summed E-state index contributed by atoms with van der Waals surface area (Å²) in [5.41, 5.74) is 1.00. The second kappa shape index (κ2) is 8.86. The highest BCUT2D eigenvalue weighted by Crippen LogP contribution is 2.11. The van der Waals surface area contributed by atoms with E-state index in [1.54, 1.807) is 18.3 Å². The number of thiazole rings is 1. The number of carbonyl (C=O) groups excluding carboxylic acids is 2. The first kappa shape index (κ1) is 17.7. The Morgan fingerprint density at radius 3 is 2.74 bits per heavy atom. The molecule has 1 aliphatic heterocycles. The first-order valence-corrected chi connectivity index (χ1v) is 9.24. The number of rotatable bonds is 6. The number of amides is 3. The van der Waals surface area contributed by atoms with Gasteiger partial charge < -0.3 is 15.5 Å². The van der Waals surface area contributed by atoms with Crippen molar-refractivity contribution in [3.05, 3.63) is 16.1 Å². The number of hydrogen-bond donors (Lipinski definition) is 2. The largest absolute Gasteiger partial charge is 0.341 e. The minimum Gasteiger partial charge on any atom is -0.341 e. The Hall–Kier alpha value is -1.63. The third-order valence-electron chi connectivity index (χ3n) is 3.95. The molecular weight excluding hydrogens is 312 g/mol. The van der Waals surface area contributed by atoms with Crippen LogP contribution in [-0.4, -0.2) is 47.5 Å². The monoisotopic (exact) mass is 338 g/mol. The number of urea groups is 1. The second-order valence-corrected chi connectivity index (χ2v) is 6.79. The minimum atomic E-state index is -0.487. The zero-order chi connectivity index (χ0) is 16.7. The molecule has 1 aromatic rings. The molecule has 1 saturated heterocycles. The van der Waals surface area contributed by atoms with Crippen LogP contribution in [0.25, 0.3) is 0 Å². The fraction of sp³-hybridized carbons (Fsp3) is 0.688. The van der Waals surface area contributed by atoms with Crippen molar-refractivity contribution in [2.45, 2.75) is 52.0 Å². The van der Waals surface area contributed by atoms with Crippen molar-refractivity contribution < 1.29 is 9.59 Å². The van der Waals surface area contributed by atoms with Crippen molar-refractivity contribution in [3.8, 4) is 0 Å². The maximum Gasteiger partial charge on any atom is 0.315 e. The highest BCUT2D eigenvalue weighted by Gasteiger charge is 2.23. The summed E-state index contributed by atoms with van der Waals surface area (Å²) in [5, 5.41) is 8.66. The first-order valence-electron chi connectivity index (χ1n) is 8.36. The first-order chi connectivity index (χ1) is 11.1. The molecule has 7 heteroatoms. The Morgan fingerprint density at radius 2 is 2.09 bits per heavy atom. The molecule has 1 aliphatic rings. The number of likely N-dealkylation sites (tertiary alicyclic amines) is 1. The summed E-state index contributed by atoms with van der Waals surface area (Å²) in [4.78, 5) is 30.4. The number of nitrogens with zero attached hydrogens (tertiary/aromatic N) is 2. The van der Waals surface area contributed by atoms with Crippen molar-refractivity contribution in [2.75, 3.05) is 19.6 Å². The average molecular weight is 338 g/mol. The Bertz CT molecular complexity index is 526. The topological polar surface area (TPSA) is 74.3 Å². The molecule has 0 bridgehead atoms. The second-order valence-electron chi connectivity index (χ2n) is 5.84. The predicted octanol–water partition coefficient (Wildman–Crippen LogP) is 1.95. The summed E-state index contributed by atoms with van der Waals surface area (Å²) in [6, 6.07) is -0.784. The van der Waals surface area contributed by atoms with Crippen LogP contribution in [-0.2, 0) is 17.6 Å². The third-order valence-corrected chi connectivity index (χ3v) is 5.00. The fourth-order valence-corrected chi connectivity index (χ4v) is 3.41. The number of carbonyl (C=O) groups is 2. The number of hydrogen-bond acceptors (Lipinski definition) is 4. The van der Waals surface area contributed by atoms with Crippen LogP contribution < -0.4 is 10.6 Å². The minimum absolute atomic E-state index is 0.00642. The maximum absolute atomic E-state index is 12.2. The van der Waals surface area contributed by atoms with Gasteiger partial charge in [-0.1, -0.05) is 6.92 Å². The Kier molecular flexibility index (Phi) is 6.83. The van der Waals surface area contributed by atoms with Gasteiger partial charge in [0.1, 0.15) is 6.04 Å². The molecule has 2 heterocycles. The van der Waals surface area contributed by atoms with E-state index in [2.05, 4.69) is 22.5 Å². The average Bonchev–Trinajstić information content (AvgIpc) is 3.03. The summed E-state index contributed by atoms with van der Waals surface area (Å²) in [7, 11) is 0. The summed E-state index contributed by atoms with van der Waals surface area (Å²) < 4.78 is 0. The molecule has 128 valence electrons. The van der Waals surface area contributed by atoms with Gasteiger partial charge in [0.05, 0.1) is 10.7 Å². The van der Waals surface area contributed by atoms with E-state index in [0.717, 1.165) is 43.1 Å². The Balaban J connectivity index is 1.68. The van der Waals surface area contributed by atoms with Crippen LogP contribution in [0.1, 0.15) is 43.8 Å². The number of nitrogens with one attached hydrogen (secondary N) is 2. The standard InChI is InChI=1S/C16H26N4O2S/c1-3-14-19-13(11-23-14)7-8-17-16(22)18-12(2)15(21)20-9-5-4-6-10-20/h11-12H,3-10H2,1-2H3,(H2,17,18,22)/t12-/m1/s1. The van der Waals surface area contributed by atoms with Crippen LogP contribution in [0.5, 0.6) is 0 Å². The van der Waals surface area contributed by atoms with Gasteiger partial charge >= 0.3 is 6.03 Å². The lowest BCUT2D eigenvalue weighted by molar-refractivity contribution is -0.133. The smallest absolute Gasteiger partial charge is 0.315 e. The molecule has 1 atom stereocenters. The zero-order valence-corrected chi connectivity index (χ0v) is 14.7. The molecule has 0 spiro atoms. The molecule has 2 rings (SSSR count). The van der Waals surface area contributed by atoms with Gasteiger partial charge in [-0.3, -0.25) is 4.79 Å². The molecule has 3 amide bonds. The molecule has 23 heavy (non-hydrogen) atoms. The van der Waals surface area contributed by atoms with Crippen LogP contribution in [0.2, 0.25) is 0 Å². The third kappa shape index (κ3) is 5.49. The van der Waals surface area contributed by atoms with E-state index in [-0.39, 0.29) is 11.9 Å². The summed E-state index contributed by atoms with van der Waals surface area (Å²) in [6.07, 6.45) is 4.94. The van der Waals surface area contributed by atoms with Gasteiger partial charge in [-0.15, -0.1) is 11.3 Å². The highest BCUT2D eigenvalue weighted by molar-refractivity contribution is 7.09. The van der Waals surface area contributed by atoms with E-state index < -0.39 is 6.04 Å². The molecule has 0 aliphatic carbocycles. The summed E-state index contributed by atoms with van der Waals surface area (Å²) >= 11 is 1.65. The lowest BCUT2D eigenvalue weighted by atomic mass is 10.1. The van der Waals surface area contributed by atoms with E-state index in [9.17, 15) is 9.59 Å². The molecule has 0 unspecified atom stereocenters. The molecule has 6 nitrogen and oxygen atoms in total. The van der Waals surface area contributed by atoms with E-state index >= 15 is 0 Å². The number of piperidine rings is 1. The van der Waals surface area contributed by atoms with Crippen molar-refractivity contribution >= 4 is 23.3 Å². The lowest BCUT2D eigenvalue weighted by Gasteiger charge is -2.29. The normalized spacial score (nSPS) is 16.0. The predicted molar refractivity (Wildman–Crippen MR) is 91.6 cm³/mol. The Labute approximate surface area is 141 Å². The van der Waals surface area contributed by atoms with Crippen LogP contribution in [0.4, 0.5) is 4.79 Å². The van der Waals surface area contributed by atoms with E-state index in [0.29, 0.717) is 13.0 Å². The fourth-order valence-electron chi connectivity index (χ4n) is 2.63. The van der Waals surface area contributed by atoms with Crippen LogP contribution in [0, 0.1) is 0 Å². The van der Waals surface area contributed by atoms with Gasteiger partial charge in [-0.2, -0.15) is 0 Å². The van der Waals surface area contributed by atoms with E-state index in [4.69, 9.17) is 0 Å². The quantitative estimate of drug-likeness (QED) is 0.832. The van der Waals surface area contributed by atoms with E-state index in [1.807, 2.05) is 10.3 Å². The van der Waals surface area contributed by atoms with Crippen molar-refractivity contribution in [3.63, 3.8) is 0 Å². The molecule has 0 aromatic carbocycles. The van der Waals surface area contributed by atoms with Gasteiger partial charge in [-0.05, 0) is 32.6 Å². The van der Waals surface area contributed by atoms with Crippen LogP contribution in [0.3, 0.4) is 0 Å². The maximum atomic E-state index is 12.2. The molecular formula is C16H26N4O2S. The van der Waals surface area contributed by atoms with Gasteiger partial charge in [0.25, 0.3) is 0 Å². The molecule has 0 saturated carbocycles. The van der Waals surface area contributed by atoms with Gasteiger partial charge in [0.15, 0.2) is 0 Å². The SMILES string of the molecule is CCc1nc(CCNC(=O)N[C@H](C)C(=O)N2CCCCC2)cs1. The van der Waals surface area contributed by atoms with Gasteiger partial charge in [0, 0.05) is 31.4 Å². The van der Waals surface area contributed by atoms with E-state index in [1.165, 1.54) is 6.42 Å². The Morgan fingerprint density at radius 1 is 1.35 bits per heavy atom. The summed E-state index contributed by atoms with van der Waals surface area (Å²) in [5.74, 6) is 0.00642.